The van der Waals surface area contributed by atoms with E-state index in [0.717, 1.165) is 49.3 Å². The molecule has 0 spiro atoms. The summed E-state index contributed by atoms with van der Waals surface area (Å²) in [5.41, 5.74) is 2.15. The van der Waals surface area contributed by atoms with Crippen LogP contribution in [0.15, 0.2) is 24.3 Å². The standard InChI is InChI=1S/C27H37FN4O4/c1-20-24(21(2)30(3)29-20)11-12-25(33)32-15-16-36-27(18-32,17-26(34)31-13-5-4-6-14-31)19-35-23-9-7-22(28)8-10-23/h7-10H,4-6,11-19H2,1-3H3/t27-/m0/s1. The van der Waals surface area contributed by atoms with Crippen LogP contribution in [0.4, 0.5) is 4.39 Å². The van der Waals surface area contributed by atoms with Gasteiger partial charge in [-0.15, -0.1) is 0 Å². The van der Waals surface area contributed by atoms with E-state index in [1.807, 2.05) is 30.5 Å². The molecule has 4 rings (SSSR count). The zero-order valence-corrected chi connectivity index (χ0v) is 21.6. The maximum Gasteiger partial charge on any atom is 0.225 e. The second-order valence-corrected chi connectivity index (χ2v) is 9.98. The minimum atomic E-state index is -0.961. The van der Waals surface area contributed by atoms with Gasteiger partial charge >= 0.3 is 0 Å². The Bertz CT molecular complexity index is 1060. The van der Waals surface area contributed by atoms with E-state index >= 15 is 0 Å². The Balaban J connectivity index is 1.46. The predicted octanol–water partition coefficient (Wildman–Crippen LogP) is 3.19. The molecule has 2 fully saturated rings. The highest BCUT2D eigenvalue weighted by Gasteiger charge is 2.42. The Morgan fingerprint density at radius 3 is 2.44 bits per heavy atom. The van der Waals surface area contributed by atoms with Crippen LogP contribution >= 0.6 is 0 Å². The quantitative estimate of drug-likeness (QED) is 0.557. The first-order valence-electron chi connectivity index (χ1n) is 12.8. The molecule has 1 aromatic heterocycles. The number of hydrogen-bond donors (Lipinski definition) is 0. The lowest BCUT2D eigenvalue weighted by Gasteiger charge is -2.43. The number of morpholine rings is 1. The van der Waals surface area contributed by atoms with Crippen LogP contribution < -0.4 is 4.74 Å². The van der Waals surface area contributed by atoms with Gasteiger partial charge in [0.1, 0.15) is 23.8 Å². The van der Waals surface area contributed by atoms with Gasteiger partial charge in [-0.2, -0.15) is 5.10 Å². The van der Waals surface area contributed by atoms with Gasteiger partial charge in [-0.25, -0.2) is 4.39 Å². The van der Waals surface area contributed by atoms with E-state index in [0.29, 0.717) is 31.7 Å². The minimum Gasteiger partial charge on any atom is -0.490 e. The van der Waals surface area contributed by atoms with E-state index in [9.17, 15) is 14.0 Å². The fourth-order valence-corrected chi connectivity index (χ4v) is 5.15. The lowest BCUT2D eigenvalue weighted by molar-refractivity contribution is -0.166. The topological polar surface area (TPSA) is 76.9 Å². The SMILES string of the molecule is Cc1nn(C)c(C)c1CCC(=O)N1CCO[C@@](COc2ccc(F)cc2)(CC(=O)N2CCCCC2)C1. The zero-order chi connectivity index (χ0) is 25.7. The van der Waals surface area contributed by atoms with E-state index in [1.54, 1.807) is 17.0 Å². The third-order valence-corrected chi connectivity index (χ3v) is 7.35. The molecule has 0 unspecified atom stereocenters. The minimum absolute atomic E-state index is 0.0216. The number of nitrogens with zero attached hydrogens (tertiary/aromatic N) is 4. The summed E-state index contributed by atoms with van der Waals surface area (Å²) in [6.45, 7) is 6.65. The van der Waals surface area contributed by atoms with Gasteiger partial charge in [0.15, 0.2) is 0 Å². The van der Waals surface area contributed by atoms with Crippen LogP contribution in [0.5, 0.6) is 5.75 Å². The maximum atomic E-state index is 13.3. The van der Waals surface area contributed by atoms with Crippen LogP contribution in [0, 0.1) is 19.7 Å². The van der Waals surface area contributed by atoms with Crippen molar-refractivity contribution in [3.05, 3.63) is 47.0 Å². The number of rotatable bonds is 8. The van der Waals surface area contributed by atoms with Crippen molar-refractivity contribution < 1.29 is 23.5 Å². The summed E-state index contributed by atoms with van der Waals surface area (Å²) >= 11 is 0. The molecule has 1 atom stereocenters. The molecule has 0 radical (unpaired) electrons. The van der Waals surface area contributed by atoms with Gasteiger partial charge in [0.25, 0.3) is 0 Å². The zero-order valence-electron chi connectivity index (χ0n) is 21.6. The fourth-order valence-electron chi connectivity index (χ4n) is 5.15. The van der Waals surface area contributed by atoms with Crippen molar-refractivity contribution in [2.45, 2.75) is 58.0 Å². The molecule has 2 aliphatic heterocycles. The molecular weight excluding hydrogens is 463 g/mol. The average molecular weight is 501 g/mol. The summed E-state index contributed by atoms with van der Waals surface area (Å²) in [4.78, 5) is 30.2. The monoisotopic (exact) mass is 500 g/mol. The third-order valence-electron chi connectivity index (χ3n) is 7.35. The predicted molar refractivity (Wildman–Crippen MR) is 133 cm³/mol. The first-order chi connectivity index (χ1) is 17.3. The second kappa shape index (κ2) is 11.4. The van der Waals surface area contributed by atoms with Crippen LogP contribution in [-0.2, 0) is 27.8 Å². The molecule has 2 aromatic rings. The highest BCUT2D eigenvalue weighted by atomic mass is 19.1. The van der Waals surface area contributed by atoms with Crippen molar-refractivity contribution in [2.75, 3.05) is 39.4 Å². The maximum absolute atomic E-state index is 13.3. The largest absolute Gasteiger partial charge is 0.490 e. The molecule has 8 nitrogen and oxygen atoms in total. The van der Waals surface area contributed by atoms with Gasteiger partial charge in [-0.05, 0) is 69.4 Å². The van der Waals surface area contributed by atoms with E-state index in [2.05, 4.69) is 5.10 Å². The smallest absolute Gasteiger partial charge is 0.225 e. The number of halogens is 1. The summed E-state index contributed by atoms with van der Waals surface area (Å²) in [5.74, 6) is 0.198. The molecular formula is C27H37FN4O4. The van der Waals surface area contributed by atoms with Gasteiger partial charge in [0.2, 0.25) is 11.8 Å². The van der Waals surface area contributed by atoms with Crippen molar-refractivity contribution in [2.24, 2.45) is 7.05 Å². The third kappa shape index (κ3) is 6.24. The summed E-state index contributed by atoms with van der Waals surface area (Å²) in [6, 6.07) is 5.78. The normalized spacial score (nSPS) is 20.4. The van der Waals surface area contributed by atoms with Crippen molar-refractivity contribution in [3.63, 3.8) is 0 Å². The van der Waals surface area contributed by atoms with Crippen molar-refractivity contribution >= 4 is 11.8 Å². The summed E-state index contributed by atoms with van der Waals surface area (Å²) < 4.78 is 27.4. The number of benzene rings is 1. The molecule has 0 aliphatic carbocycles. The highest BCUT2D eigenvalue weighted by Crippen LogP contribution is 2.27. The molecule has 9 heteroatoms. The number of ether oxygens (including phenoxy) is 2. The Hall–Kier alpha value is -2.94. The van der Waals surface area contributed by atoms with Crippen LogP contribution in [-0.4, -0.2) is 76.4 Å². The molecule has 0 saturated carbocycles. The van der Waals surface area contributed by atoms with E-state index in [-0.39, 0.29) is 37.2 Å². The number of carbonyl (C=O) groups excluding carboxylic acids is 2. The molecule has 2 amide bonds. The number of piperidine rings is 1. The second-order valence-electron chi connectivity index (χ2n) is 9.98. The Morgan fingerprint density at radius 2 is 1.78 bits per heavy atom. The number of aromatic nitrogens is 2. The average Bonchev–Trinajstić information content (AvgIpc) is 3.13. The molecule has 2 aliphatic rings. The van der Waals surface area contributed by atoms with Gasteiger partial charge in [0, 0.05) is 38.8 Å². The van der Waals surface area contributed by atoms with Gasteiger partial charge in [0.05, 0.1) is 25.3 Å². The van der Waals surface area contributed by atoms with Gasteiger partial charge < -0.3 is 19.3 Å². The molecule has 0 N–H and O–H groups in total. The van der Waals surface area contributed by atoms with E-state index < -0.39 is 5.60 Å². The molecule has 36 heavy (non-hydrogen) atoms. The number of carbonyl (C=O) groups is 2. The molecule has 3 heterocycles. The van der Waals surface area contributed by atoms with E-state index in [1.165, 1.54) is 12.1 Å². The van der Waals surface area contributed by atoms with Crippen molar-refractivity contribution in [1.82, 2.24) is 19.6 Å². The Morgan fingerprint density at radius 1 is 1.06 bits per heavy atom. The number of aryl methyl sites for hydroxylation is 2. The lowest BCUT2D eigenvalue weighted by atomic mass is 9.95. The summed E-state index contributed by atoms with van der Waals surface area (Å²) in [7, 11) is 1.91. The lowest BCUT2D eigenvalue weighted by Crippen LogP contribution is -2.58. The van der Waals surface area contributed by atoms with E-state index in [4.69, 9.17) is 9.47 Å². The van der Waals surface area contributed by atoms with Crippen LogP contribution in [0.3, 0.4) is 0 Å². The van der Waals surface area contributed by atoms with Crippen molar-refractivity contribution in [1.29, 1.82) is 0 Å². The highest BCUT2D eigenvalue weighted by molar-refractivity contribution is 5.79. The molecule has 196 valence electrons. The molecule has 1 aromatic carbocycles. The first kappa shape index (κ1) is 26.1. The Kier molecular flexibility index (Phi) is 8.28. The fraction of sp³-hybridized carbons (Fsp3) is 0.593. The number of amides is 2. The summed E-state index contributed by atoms with van der Waals surface area (Å²) in [5, 5.41) is 4.45. The van der Waals surface area contributed by atoms with Crippen molar-refractivity contribution in [3.8, 4) is 5.75 Å². The first-order valence-corrected chi connectivity index (χ1v) is 12.8. The van der Waals surface area contributed by atoms with Crippen LogP contribution in [0.1, 0.15) is 49.1 Å². The molecule has 2 saturated heterocycles. The van der Waals surface area contributed by atoms with Crippen LogP contribution in [0.25, 0.3) is 0 Å². The molecule has 0 bridgehead atoms. The number of likely N-dealkylation sites (tertiary alicyclic amines) is 1. The van der Waals surface area contributed by atoms with Gasteiger partial charge in [-0.3, -0.25) is 14.3 Å². The van der Waals surface area contributed by atoms with Crippen LogP contribution in [0.2, 0.25) is 0 Å². The Labute approximate surface area is 212 Å². The summed E-state index contributed by atoms with van der Waals surface area (Å²) in [6.07, 6.45) is 4.26. The van der Waals surface area contributed by atoms with Gasteiger partial charge in [-0.1, -0.05) is 0 Å². The number of hydrogen-bond acceptors (Lipinski definition) is 5.